The van der Waals surface area contributed by atoms with Gasteiger partial charge in [0, 0.05) is 5.56 Å². The van der Waals surface area contributed by atoms with Crippen molar-refractivity contribution in [1.29, 1.82) is 0 Å². The summed E-state index contributed by atoms with van der Waals surface area (Å²) in [6.07, 6.45) is 0. The van der Waals surface area contributed by atoms with Crippen molar-refractivity contribution in [2.75, 3.05) is 44.3 Å². The first-order chi connectivity index (χ1) is 14.0. The summed E-state index contributed by atoms with van der Waals surface area (Å²) in [5, 5.41) is 0.781. The Morgan fingerprint density at radius 2 is 1.79 bits per heavy atom. The Balaban J connectivity index is 1.64. The molecular formula is C23H28N3O2S+. The number of carbonyl (C=O) groups excluding carboxylic acids is 1. The van der Waals surface area contributed by atoms with Crippen molar-refractivity contribution in [2.45, 2.75) is 20.8 Å². The second-order valence-corrected chi connectivity index (χ2v) is 8.84. The first kappa shape index (κ1) is 20.0. The highest BCUT2D eigenvalue weighted by molar-refractivity contribution is 7.22. The SMILES string of the molecule is Cc1ccc(C(=O)N(CC[NH+]2CCOCC2)c2nc3cc(C)c(C)cc3s2)cc1. The Hall–Kier alpha value is -2.28. The Morgan fingerprint density at radius 1 is 1.10 bits per heavy atom. The van der Waals surface area contributed by atoms with Gasteiger partial charge in [0.1, 0.15) is 13.1 Å². The molecule has 29 heavy (non-hydrogen) atoms. The molecule has 152 valence electrons. The molecule has 1 N–H and O–H groups in total. The van der Waals surface area contributed by atoms with Gasteiger partial charge in [-0.2, -0.15) is 0 Å². The third kappa shape index (κ3) is 4.50. The van der Waals surface area contributed by atoms with E-state index in [1.807, 2.05) is 36.1 Å². The molecule has 1 saturated heterocycles. The molecule has 6 heteroatoms. The van der Waals surface area contributed by atoms with Crippen molar-refractivity contribution in [2.24, 2.45) is 0 Å². The zero-order valence-electron chi connectivity index (χ0n) is 17.3. The Kier molecular flexibility index (Phi) is 5.94. The number of aromatic nitrogens is 1. The quantitative estimate of drug-likeness (QED) is 0.704. The lowest BCUT2D eigenvalue weighted by atomic mass is 10.1. The summed E-state index contributed by atoms with van der Waals surface area (Å²) >= 11 is 1.60. The fourth-order valence-corrected chi connectivity index (χ4v) is 4.67. The zero-order chi connectivity index (χ0) is 20.4. The van der Waals surface area contributed by atoms with Crippen molar-refractivity contribution in [1.82, 2.24) is 4.98 Å². The average molecular weight is 411 g/mol. The van der Waals surface area contributed by atoms with E-state index in [-0.39, 0.29) is 5.91 Å². The van der Waals surface area contributed by atoms with E-state index in [0.29, 0.717) is 12.1 Å². The number of hydrogen-bond acceptors (Lipinski definition) is 4. The third-order valence-electron chi connectivity index (χ3n) is 5.66. The lowest BCUT2D eigenvalue weighted by molar-refractivity contribution is -0.906. The first-order valence-electron chi connectivity index (χ1n) is 10.2. The molecule has 0 saturated carbocycles. The number of rotatable bonds is 5. The molecule has 0 atom stereocenters. The standard InChI is InChI=1S/C23H27N3O2S/c1-16-4-6-19(7-5-16)22(27)26(9-8-25-10-12-28-13-11-25)23-24-20-14-17(2)18(3)15-21(20)29-23/h4-7,14-15H,8-13H2,1-3H3/p+1. The van der Waals surface area contributed by atoms with E-state index < -0.39 is 0 Å². The van der Waals surface area contributed by atoms with Crippen LogP contribution in [0.25, 0.3) is 10.2 Å². The van der Waals surface area contributed by atoms with Gasteiger partial charge in [0.05, 0.1) is 36.5 Å². The topological polar surface area (TPSA) is 46.9 Å². The van der Waals surface area contributed by atoms with Gasteiger partial charge in [0.25, 0.3) is 5.91 Å². The monoisotopic (exact) mass is 410 g/mol. The molecule has 1 aromatic heterocycles. The molecule has 0 radical (unpaired) electrons. The van der Waals surface area contributed by atoms with Gasteiger partial charge in [-0.15, -0.1) is 0 Å². The fourth-order valence-electron chi connectivity index (χ4n) is 3.60. The van der Waals surface area contributed by atoms with Gasteiger partial charge in [0.2, 0.25) is 0 Å². The fraction of sp³-hybridized carbons (Fsp3) is 0.391. The minimum Gasteiger partial charge on any atom is -0.370 e. The molecule has 0 spiro atoms. The van der Waals surface area contributed by atoms with Gasteiger partial charge in [-0.05, 0) is 56.2 Å². The third-order valence-corrected chi connectivity index (χ3v) is 6.70. The van der Waals surface area contributed by atoms with Gasteiger partial charge in [-0.25, -0.2) is 4.98 Å². The number of nitrogens with zero attached hydrogens (tertiary/aromatic N) is 2. The summed E-state index contributed by atoms with van der Waals surface area (Å²) in [5.74, 6) is 0.0187. The Labute approximate surface area is 175 Å². The highest BCUT2D eigenvalue weighted by atomic mass is 32.1. The van der Waals surface area contributed by atoms with Gasteiger partial charge < -0.3 is 9.64 Å². The van der Waals surface area contributed by atoms with Crippen LogP contribution >= 0.6 is 11.3 Å². The van der Waals surface area contributed by atoms with Crippen LogP contribution in [0.15, 0.2) is 36.4 Å². The summed E-state index contributed by atoms with van der Waals surface area (Å²) in [6, 6.07) is 12.1. The van der Waals surface area contributed by atoms with Crippen LogP contribution in [0.4, 0.5) is 5.13 Å². The first-order valence-corrected chi connectivity index (χ1v) is 11.0. The molecule has 2 aromatic carbocycles. The summed E-state index contributed by atoms with van der Waals surface area (Å²) < 4.78 is 6.60. The number of amides is 1. The predicted molar refractivity (Wildman–Crippen MR) is 118 cm³/mol. The van der Waals surface area contributed by atoms with E-state index in [1.165, 1.54) is 16.0 Å². The molecule has 0 bridgehead atoms. The van der Waals surface area contributed by atoms with Crippen molar-refractivity contribution in [3.63, 3.8) is 0 Å². The van der Waals surface area contributed by atoms with Crippen LogP contribution in [0.3, 0.4) is 0 Å². The number of nitrogens with one attached hydrogen (secondary N) is 1. The van der Waals surface area contributed by atoms with Crippen molar-refractivity contribution >= 4 is 32.6 Å². The molecule has 1 fully saturated rings. The number of thiazole rings is 1. The van der Waals surface area contributed by atoms with Crippen LogP contribution in [0.2, 0.25) is 0 Å². The number of hydrogen-bond donors (Lipinski definition) is 1. The molecule has 5 nitrogen and oxygen atoms in total. The molecule has 1 aliphatic rings. The number of morpholine rings is 1. The maximum absolute atomic E-state index is 13.4. The number of carbonyl (C=O) groups is 1. The molecule has 0 aliphatic carbocycles. The molecule has 4 rings (SSSR count). The smallest absolute Gasteiger partial charge is 0.260 e. The maximum atomic E-state index is 13.4. The second-order valence-electron chi connectivity index (χ2n) is 7.84. The van der Waals surface area contributed by atoms with E-state index in [0.717, 1.165) is 53.8 Å². The lowest BCUT2D eigenvalue weighted by Gasteiger charge is -2.27. The maximum Gasteiger partial charge on any atom is 0.260 e. The number of quaternary nitrogens is 1. The van der Waals surface area contributed by atoms with Crippen LogP contribution in [0.1, 0.15) is 27.0 Å². The van der Waals surface area contributed by atoms with Gasteiger partial charge in [0.15, 0.2) is 5.13 Å². The summed E-state index contributed by atoms with van der Waals surface area (Å²) in [5.41, 5.74) is 5.30. The van der Waals surface area contributed by atoms with Gasteiger partial charge >= 0.3 is 0 Å². The summed E-state index contributed by atoms with van der Waals surface area (Å²) in [7, 11) is 0. The number of anilines is 1. The van der Waals surface area contributed by atoms with E-state index >= 15 is 0 Å². The highest BCUT2D eigenvalue weighted by Crippen LogP contribution is 2.31. The number of benzene rings is 2. The van der Waals surface area contributed by atoms with Crippen LogP contribution in [0.5, 0.6) is 0 Å². The second kappa shape index (κ2) is 8.61. The van der Waals surface area contributed by atoms with E-state index in [2.05, 4.69) is 26.0 Å². The van der Waals surface area contributed by atoms with Crippen LogP contribution in [0, 0.1) is 20.8 Å². The predicted octanol–water partition coefficient (Wildman–Crippen LogP) is 2.78. The molecule has 1 amide bonds. The summed E-state index contributed by atoms with van der Waals surface area (Å²) in [4.78, 5) is 21.6. The number of fused-ring (bicyclic) bond motifs is 1. The molecule has 1 aliphatic heterocycles. The Bertz CT molecular complexity index is 968. The highest BCUT2D eigenvalue weighted by Gasteiger charge is 2.24. The van der Waals surface area contributed by atoms with Crippen molar-refractivity contribution in [3.05, 3.63) is 58.7 Å². The van der Waals surface area contributed by atoms with Gasteiger partial charge in [-0.1, -0.05) is 29.0 Å². The van der Waals surface area contributed by atoms with E-state index in [9.17, 15) is 4.79 Å². The normalized spacial score (nSPS) is 15.0. The largest absolute Gasteiger partial charge is 0.370 e. The minimum atomic E-state index is 0.0187. The van der Waals surface area contributed by atoms with Gasteiger partial charge in [-0.3, -0.25) is 9.69 Å². The van der Waals surface area contributed by atoms with Crippen LogP contribution < -0.4 is 9.80 Å². The van der Waals surface area contributed by atoms with Crippen LogP contribution in [-0.2, 0) is 4.74 Å². The number of aryl methyl sites for hydroxylation is 3. The van der Waals surface area contributed by atoms with Crippen LogP contribution in [-0.4, -0.2) is 50.3 Å². The molecule has 3 aromatic rings. The molecule has 0 unspecified atom stereocenters. The summed E-state index contributed by atoms with van der Waals surface area (Å²) in [6.45, 7) is 11.4. The lowest BCUT2D eigenvalue weighted by Crippen LogP contribution is -3.14. The average Bonchev–Trinajstić information content (AvgIpc) is 3.12. The zero-order valence-corrected chi connectivity index (χ0v) is 18.1. The molecule has 2 heterocycles. The minimum absolute atomic E-state index is 0.0187. The van der Waals surface area contributed by atoms with E-state index in [1.54, 1.807) is 11.3 Å². The van der Waals surface area contributed by atoms with E-state index in [4.69, 9.17) is 9.72 Å². The number of ether oxygens (including phenoxy) is 1. The molecular weight excluding hydrogens is 382 g/mol. The van der Waals surface area contributed by atoms with Crippen molar-refractivity contribution in [3.8, 4) is 0 Å². The Morgan fingerprint density at radius 3 is 2.52 bits per heavy atom. The van der Waals surface area contributed by atoms with Crippen molar-refractivity contribution < 1.29 is 14.4 Å².